The molecule has 7 nitrogen and oxygen atoms in total. The highest BCUT2D eigenvalue weighted by molar-refractivity contribution is 5.99. The second-order valence-electron chi connectivity index (χ2n) is 5.20. The van der Waals surface area contributed by atoms with Crippen LogP contribution in [0.2, 0.25) is 0 Å². The zero-order chi connectivity index (χ0) is 18.4. The first-order valence-electron chi connectivity index (χ1n) is 8.04. The predicted octanol–water partition coefficient (Wildman–Crippen LogP) is 2.77. The summed E-state index contributed by atoms with van der Waals surface area (Å²) < 4.78 is 15.2. The van der Waals surface area contributed by atoms with Crippen LogP contribution in [0.3, 0.4) is 0 Å². The van der Waals surface area contributed by atoms with E-state index in [0.717, 1.165) is 0 Å². The number of hydrogen-bond donors (Lipinski definition) is 0. The van der Waals surface area contributed by atoms with Crippen LogP contribution < -0.4 is 0 Å². The summed E-state index contributed by atoms with van der Waals surface area (Å²) in [6.45, 7) is 10.6. The van der Waals surface area contributed by atoms with Crippen molar-refractivity contribution in [3.63, 3.8) is 0 Å². The lowest BCUT2D eigenvalue weighted by Crippen LogP contribution is -2.38. The van der Waals surface area contributed by atoms with Crippen LogP contribution in [0.5, 0.6) is 0 Å². The Balaban J connectivity index is 3.46. The largest absolute Gasteiger partial charge is 0.463 e. The number of nitrogens with zero attached hydrogens (tertiary/aromatic N) is 1. The van der Waals surface area contributed by atoms with Gasteiger partial charge in [0.25, 0.3) is 0 Å². The molecule has 0 fully saturated rings. The van der Waals surface area contributed by atoms with Crippen LogP contribution >= 0.6 is 0 Å². The van der Waals surface area contributed by atoms with Crippen molar-refractivity contribution in [2.45, 2.75) is 41.5 Å². The van der Waals surface area contributed by atoms with Crippen LogP contribution in [-0.4, -0.2) is 42.8 Å². The molecule has 0 saturated carbocycles. The summed E-state index contributed by atoms with van der Waals surface area (Å²) in [5, 5.41) is 0. The molecular weight excluding hydrogens is 314 g/mol. The molecule has 0 spiro atoms. The molecule has 0 atom stereocenters. The van der Waals surface area contributed by atoms with Crippen LogP contribution in [0.1, 0.15) is 41.5 Å². The Morgan fingerprint density at radius 1 is 0.833 bits per heavy atom. The van der Waals surface area contributed by atoms with E-state index in [0.29, 0.717) is 11.4 Å². The molecule has 1 aliphatic heterocycles. The van der Waals surface area contributed by atoms with E-state index in [4.69, 9.17) is 14.2 Å². The molecule has 0 bridgehead atoms. The minimum Gasteiger partial charge on any atom is -0.463 e. The first-order valence-corrected chi connectivity index (χ1v) is 8.04. The highest BCUT2D eigenvalue weighted by Gasteiger charge is 2.39. The second kappa shape index (κ2) is 8.52. The monoisotopic (exact) mass is 339 g/mol. The third-order valence-corrected chi connectivity index (χ3v) is 3.76. The van der Waals surface area contributed by atoms with Crippen molar-refractivity contribution in [3.8, 4) is 0 Å². The van der Waals surface area contributed by atoms with Gasteiger partial charge in [0.05, 0.1) is 31.0 Å². The average Bonchev–Trinajstić information content (AvgIpc) is 2.47. The Bertz CT molecular complexity index is 548. The Kier molecular flexibility index (Phi) is 7.00. The fraction of sp³-hybridized carbons (Fsp3) is 0.588. The molecule has 0 aromatic heterocycles. The van der Waals surface area contributed by atoms with Gasteiger partial charge in [-0.25, -0.2) is 14.4 Å². The number of esters is 2. The summed E-state index contributed by atoms with van der Waals surface area (Å²) >= 11 is 0. The predicted molar refractivity (Wildman–Crippen MR) is 86.7 cm³/mol. The first kappa shape index (κ1) is 19.7. The molecule has 0 aromatic rings. The Hall–Kier alpha value is -2.31. The number of carbonyl (C=O) groups excluding carboxylic acids is 3. The zero-order valence-electron chi connectivity index (χ0n) is 15.1. The molecule has 24 heavy (non-hydrogen) atoms. The lowest BCUT2D eigenvalue weighted by Gasteiger charge is -2.34. The van der Waals surface area contributed by atoms with E-state index < -0.39 is 23.9 Å². The van der Waals surface area contributed by atoms with Gasteiger partial charge >= 0.3 is 18.0 Å². The summed E-state index contributed by atoms with van der Waals surface area (Å²) in [4.78, 5) is 38.2. The standard InChI is InChI=1S/C17H25NO6/c1-7-22-15(19)13-10(4)14(16(20)23-8-2)12(6)18(11(13)5)17(21)24-9-3/h10H,7-9H2,1-6H3. The van der Waals surface area contributed by atoms with Crippen molar-refractivity contribution >= 4 is 18.0 Å². The maximum Gasteiger partial charge on any atom is 0.418 e. The van der Waals surface area contributed by atoms with E-state index in [1.807, 2.05) is 0 Å². The molecular formula is C17H25NO6. The summed E-state index contributed by atoms with van der Waals surface area (Å²) in [7, 11) is 0. The smallest absolute Gasteiger partial charge is 0.418 e. The highest BCUT2D eigenvalue weighted by Crippen LogP contribution is 2.36. The van der Waals surface area contributed by atoms with Crippen molar-refractivity contribution in [1.29, 1.82) is 0 Å². The Morgan fingerprint density at radius 2 is 1.21 bits per heavy atom. The molecule has 7 heteroatoms. The van der Waals surface area contributed by atoms with E-state index in [9.17, 15) is 14.4 Å². The lowest BCUT2D eigenvalue weighted by atomic mass is 9.86. The molecule has 0 aromatic carbocycles. The molecule has 0 saturated heterocycles. The van der Waals surface area contributed by atoms with Gasteiger partial charge in [-0.3, -0.25) is 4.90 Å². The van der Waals surface area contributed by atoms with E-state index in [1.165, 1.54) is 4.90 Å². The van der Waals surface area contributed by atoms with Gasteiger partial charge in [-0.15, -0.1) is 0 Å². The van der Waals surface area contributed by atoms with Gasteiger partial charge in [0.2, 0.25) is 0 Å². The van der Waals surface area contributed by atoms with Crippen molar-refractivity contribution in [1.82, 2.24) is 4.90 Å². The third-order valence-electron chi connectivity index (χ3n) is 3.76. The van der Waals surface area contributed by atoms with Crippen LogP contribution in [0.4, 0.5) is 4.79 Å². The summed E-state index contributed by atoms with van der Waals surface area (Å²) in [5.74, 6) is -1.68. The minimum absolute atomic E-state index is 0.176. The molecule has 1 heterocycles. The molecule has 0 unspecified atom stereocenters. The van der Waals surface area contributed by atoms with Gasteiger partial charge in [-0.05, 0) is 34.6 Å². The fourth-order valence-corrected chi connectivity index (χ4v) is 2.79. The van der Waals surface area contributed by atoms with Crippen LogP contribution in [0.15, 0.2) is 22.5 Å². The first-order chi connectivity index (χ1) is 11.3. The quantitative estimate of drug-likeness (QED) is 0.566. The van der Waals surface area contributed by atoms with Crippen molar-refractivity contribution < 1.29 is 28.6 Å². The zero-order valence-corrected chi connectivity index (χ0v) is 15.1. The molecule has 0 radical (unpaired) electrons. The molecule has 1 amide bonds. The van der Waals surface area contributed by atoms with E-state index in [1.54, 1.807) is 41.5 Å². The van der Waals surface area contributed by atoms with Crippen LogP contribution in [0.25, 0.3) is 0 Å². The Labute approximate surface area is 142 Å². The van der Waals surface area contributed by atoms with E-state index >= 15 is 0 Å². The normalized spacial score (nSPS) is 15.5. The highest BCUT2D eigenvalue weighted by atomic mass is 16.6. The van der Waals surface area contributed by atoms with Crippen molar-refractivity contribution in [2.75, 3.05) is 19.8 Å². The molecule has 1 rings (SSSR count). The SMILES string of the molecule is CCOC(=O)C1=C(C)N(C(=O)OCC)C(C)=C(C(=O)OCC)C1C. The number of hydrogen-bond acceptors (Lipinski definition) is 6. The molecule has 1 aliphatic rings. The van der Waals surface area contributed by atoms with Crippen LogP contribution in [-0.2, 0) is 23.8 Å². The number of allylic oxidation sites excluding steroid dienone is 2. The lowest BCUT2D eigenvalue weighted by molar-refractivity contribution is -0.140. The molecule has 0 aliphatic carbocycles. The second-order valence-corrected chi connectivity index (χ2v) is 5.20. The summed E-state index contributed by atoms with van der Waals surface area (Å²) in [6.07, 6.45) is -0.650. The third kappa shape index (κ3) is 3.77. The number of amides is 1. The van der Waals surface area contributed by atoms with Gasteiger partial charge in [0.1, 0.15) is 0 Å². The maximum absolute atomic E-state index is 12.3. The average molecular weight is 339 g/mol. The molecule has 0 N–H and O–H groups in total. The van der Waals surface area contributed by atoms with Crippen molar-refractivity contribution in [3.05, 3.63) is 22.5 Å². The number of ether oxygens (including phenoxy) is 3. The van der Waals surface area contributed by atoms with Gasteiger partial charge in [-0.2, -0.15) is 0 Å². The van der Waals surface area contributed by atoms with E-state index in [-0.39, 0.29) is 31.0 Å². The topological polar surface area (TPSA) is 82.1 Å². The minimum atomic E-state index is -0.650. The van der Waals surface area contributed by atoms with Gasteiger partial charge in [0.15, 0.2) is 0 Å². The maximum atomic E-state index is 12.3. The molecule has 134 valence electrons. The van der Waals surface area contributed by atoms with Gasteiger partial charge in [-0.1, -0.05) is 6.92 Å². The number of rotatable bonds is 5. The Morgan fingerprint density at radius 3 is 1.54 bits per heavy atom. The summed E-state index contributed by atoms with van der Waals surface area (Å²) in [5.41, 5.74) is 1.28. The number of carbonyl (C=O) groups is 3. The fourth-order valence-electron chi connectivity index (χ4n) is 2.79. The van der Waals surface area contributed by atoms with E-state index in [2.05, 4.69) is 0 Å². The van der Waals surface area contributed by atoms with Crippen molar-refractivity contribution in [2.24, 2.45) is 5.92 Å². The van der Waals surface area contributed by atoms with Crippen LogP contribution in [0, 0.1) is 5.92 Å². The van der Waals surface area contributed by atoms with Gasteiger partial charge < -0.3 is 14.2 Å². The summed E-state index contributed by atoms with van der Waals surface area (Å²) in [6, 6.07) is 0. The van der Waals surface area contributed by atoms with Gasteiger partial charge in [0, 0.05) is 17.3 Å².